The van der Waals surface area contributed by atoms with Crippen LogP contribution in [0.1, 0.15) is 67.5 Å². The van der Waals surface area contributed by atoms with Crippen LogP contribution in [0.15, 0.2) is 60.9 Å². The number of carbonyl (C=O) groups is 1. The summed E-state index contributed by atoms with van der Waals surface area (Å²) >= 11 is 0. The van der Waals surface area contributed by atoms with Gasteiger partial charge in [-0.25, -0.2) is 9.97 Å². The number of halogens is 3. The molecule has 1 spiro atoms. The number of piperidine rings is 1. The molecule has 2 aromatic carbocycles. The van der Waals surface area contributed by atoms with E-state index in [9.17, 15) is 23.1 Å². The van der Waals surface area contributed by atoms with Crippen LogP contribution in [0.5, 0.6) is 0 Å². The summed E-state index contributed by atoms with van der Waals surface area (Å²) in [7, 11) is 0. The molecule has 0 unspecified atom stereocenters. The number of nitrogens with zero attached hydrogens (tertiary/aromatic N) is 4. The Balaban J connectivity index is 1.22. The molecule has 3 fully saturated rings. The molecule has 0 bridgehead atoms. The first-order chi connectivity index (χ1) is 19.5. The van der Waals surface area contributed by atoms with Gasteiger partial charge in [0.05, 0.1) is 5.56 Å². The normalized spacial score (nSPS) is 23.1. The summed E-state index contributed by atoms with van der Waals surface area (Å²) in [6.07, 6.45) is 3.79. The number of nitrogen functional groups attached to an aromatic ring is 1. The number of carbonyl (C=O) groups excluding carboxylic acids is 1. The third-order valence-corrected chi connectivity index (χ3v) is 9.45. The number of nitrogens with two attached hydrogens (primary N) is 1. The molecule has 4 heterocycles. The molecular formula is C31H30F3N5O2. The van der Waals surface area contributed by atoms with Gasteiger partial charge in [-0.15, -0.1) is 0 Å². The molecule has 1 amide bonds. The standard InChI is InChI=1S/C31H30F3N5O2/c1-29(41,21-3-2-4-22(15-21)31(32,33)34)20-8-5-18(6-9-20)25-26-27(35)36-13-14-38(26)28(37-25)19-7-10-23-30(11-12-30)16-24(40)39(23)17-19/h2-6,8-9,13-15,19,23,41H,7,10-12,16-17H2,1H3,(H2,35,36)/t19-,23+,29-/m1/s1. The molecule has 2 saturated heterocycles. The highest BCUT2D eigenvalue weighted by Crippen LogP contribution is 2.60. The van der Waals surface area contributed by atoms with Crippen LogP contribution in [0.25, 0.3) is 16.8 Å². The molecular weight excluding hydrogens is 531 g/mol. The van der Waals surface area contributed by atoms with Crippen LogP contribution >= 0.6 is 0 Å². The minimum absolute atomic E-state index is 0.0491. The number of hydrogen-bond donors (Lipinski definition) is 2. The van der Waals surface area contributed by atoms with Gasteiger partial charge in [-0.1, -0.05) is 36.4 Å². The number of aromatic nitrogens is 3. The maximum atomic E-state index is 13.3. The van der Waals surface area contributed by atoms with Crippen LogP contribution < -0.4 is 5.73 Å². The van der Waals surface area contributed by atoms with Crippen molar-refractivity contribution < 1.29 is 23.1 Å². The Morgan fingerprint density at radius 2 is 1.78 bits per heavy atom. The third-order valence-electron chi connectivity index (χ3n) is 9.45. The van der Waals surface area contributed by atoms with Crippen molar-refractivity contribution >= 4 is 17.2 Å². The SMILES string of the molecule is C[C@@](O)(c1ccc(-c2nc([C@@H]3CC[C@@H]4N(C3)C(=O)CC43CC3)n3ccnc(N)c23)cc1)c1cccc(C(F)(F)F)c1. The van der Waals surface area contributed by atoms with Crippen LogP contribution in [0, 0.1) is 5.41 Å². The largest absolute Gasteiger partial charge is 0.416 e. The zero-order valence-corrected chi connectivity index (χ0v) is 22.5. The third kappa shape index (κ3) is 4.10. The second kappa shape index (κ2) is 8.79. The highest BCUT2D eigenvalue weighted by molar-refractivity contribution is 5.85. The molecule has 212 valence electrons. The molecule has 1 aliphatic carbocycles. The number of benzene rings is 2. The Morgan fingerprint density at radius 3 is 2.49 bits per heavy atom. The van der Waals surface area contributed by atoms with Gasteiger partial charge < -0.3 is 15.7 Å². The summed E-state index contributed by atoms with van der Waals surface area (Å²) in [6, 6.07) is 12.0. The van der Waals surface area contributed by atoms with E-state index in [0.717, 1.165) is 49.2 Å². The smallest absolute Gasteiger partial charge is 0.382 e. The number of fused-ring (bicyclic) bond motifs is 3. The second-order valence-electron chi connectivity index (χ2n) is 12.0. The lowest BCUT2D eigenvalue weighted by Crippen LogP contribution is -2.43. The summed E-state index contributed by atoms with van der Waals surface area (Å²) in [6.45, 7) is 2.11. The van der Waals surface area contributed by atoms with Gasteiger partial charge in [0.2, 0.25) is 5.91 Å². The molecule has 7 rings (SSSR count). The van der Waals surface area contributed by atoms with Gasteiger partial charge >= 0.3 is 6.18 Å². The van der Waals surface area contributed by atoms with Crippen LogP contribution in [0.2, 0.25) is 0 Å². The van der Waals surface area contributed by atoms with E-state index in [1.165, 1.54) is 19.1 Å². The molecule has 3 aliphatic rings. The second-order valence-corrected chi connectivity index (χ2v) is 12.0. The quantitative estimate of drug-likeness (QED) is 0.343. The topological polar surface area (TPSA) is 96.8 Å². The van der Waals surface area contributed by atoms with E-state index in [0.29, 0.717) is 41.6 Å². The van der Waals surface area contributed by atoms with Crippen LogP contribution in [0.3, 0.4) is 0 Å². The first-order valence-electron chi connectivity index (χ1n) is 13.9. The zero-order chi connectivity index (χ0) is 28.7. The van der Waals surface area contributed by atoms with Crippen LogP contribution in [-0.4, -0.2) is 42.9 Å². The van der Waals surface area contributed by atoms with Crippen LogP contribution in [-0.2, 0) is 16.6 Å². The van der Waals surface area contributed by atoms with Gasteiger partial charge in [-0.2, -0.15) is 13.2 Å². The average molecular weight is 562 g/mol. The highest BCUT2D eigenvalue weighted by atomic mass is 19.4. The number of rotatable bonds is 4. The summed E-state index contributed by atoms with van der Waals surface area (Å²) in [5, 5.41) is 11.3. The van der Waals surface area contributed by atoms with Crippen molar-refractivity contribution in [2.75, 3.05) is 12.3 Å². The molecule has 0 radical (unpaired) electrons. The monoisotopic (exact) mass is 561 g/mol. The van der Waals surface area contributed by atoms with E-state index in [-0.39, 0.29) is 22.8 Å². The lowest BCUT2D eigenvalue weighted by molar-refractivity contribution is -0.137. The molecule has 7 nitrogen and oxygen atoms in total. The van der Waals surface area contributed by atoms with Crippen molar-refractivity contribution in [3.05, 3.63) is 83.4 Å². The number of aliphatic hydroxyl groups is 1. The molecule has 2 aliphatic heterocycles. The number of alkyl halides is 3. The van der Waals surface area contributed by atoms with Crippen LogP contribution in [0.4, 0.5) is 19.0 Å². The fourth-order valence-corrected chi connectivity index (χ4v) is 6.98. The Morgan fingerprint density at radius 1 is 1.05 bits per heavy atom. The lowest BCUT2D eigenvalue weighted by Gasteiger charge is -2.37. The predicted octanol–water partition coefficient (Wildman–Crippen LogP) is 5.51. The Kier molecular flexibility index (Phi) is 5.57. The fourth-order valence-electron chi connectivity index (χ4n) is 6.98. The van der Waals surface area contributed by atoms with Gasteiger partial charge in [0.25, 0.3) is 0 Å². The summed E-state index contributed by atoms with van der Waals surface area (Å²) < 4.78 is 41.8. The first kappa shape index (κ1) is 26.0. The first-order valence-corrected chi connectivity index (χ1v) is 13.9. The molecule has 41 heavy (non-hydrogen) atoms. The van der Waals surface area contributed by atoms with Crippen molar-refractivity contribution in [2.45, 2.75) is 62.8 Å². The molecule has 1 saturated carbocycles. The number of amides is 1. The van der Waals surface area contributed by atoms with Crippen molar-refractivity contribution in [2.24, 2.45) is 5.41 Å². The van der Waals surface area contributed by atoms with Gasteiger partial charge in [-0.3, -0.25) is 9.20 Å². The van der Waals surface area contributed by atoms with Gasteiger partial charge in [0.1, 0.15) is 28.5 Å². The molecule has 10 heteroatoms. The van der Waals surface area contributed by atoms with Crippen molar-refractivity contribution in [1.82, 2.24) is 19.3 Å². The Labute approximate surface area is 234 Å². The fraction of sp³-hybridized carbons (Fsp3) is 0.387. The van der Waals surface area contributed by atoms with E-state index < -0.39 is 17.3 Å². The number of anilines is 1. The maximum Gasteiger partial charge on any atom is 0.416 e. The van der Waals surface area contributed by atoms with Gasteiger partial charge in [0, 0.05) is 42.9 Å². The lowest BCUT2D eigenvalue weighted by atomic mass is 9.86. The summed E-state index contributed by atoms with van der Waals surface area (Å²) in [4.78, 5) is 24.3. The molecule has 3 N–H and O–H groups in total. The van der Waals surface area contributed by atoms with Gasteiger partial charge in [0.15, 0.2) is 0 Å². The van der Waals surface area contributed by atoms with E-state index in [1.54, 1.807) is 30.5 Å². The average Bonchev–Trinajstić information content (AvgIpc) is 3.53. The van der Waals surface area contributed by atoms with E-state index in [4.69, 9.17) is 10.7 Å². The molecule has 3 atom stereocenters. The summed E-state index contributed by atoms with van der Waals surface area (Å²) in [5.41, 5.74) is 6.69. The van der Waals surface area contributed by atoms with Gasteiger partial charge in [-0.05, 0) is 61.3 Å². The highest BCUT2D eigenvalue weighted by Gasteiger charge is 2.60. The van der Waals surface area contributed by atoms with Crippen molar-refractivity contribution in [3.63, 3.8) is 0 Å². The number of imidazole rings is 1. The predicted molar refractivity (Wildman–Crippen MR) is 147 cm³/mol. The van der Waals surface area contributed by atoms with Crippen molar-refractivity contribution in [1.29, 1.82) is 0 Å². The zero-order valence-electron chi connectivity index (χ0n) is 22.5. The summed E-state index contributed by atoms with van der Waals surface area (Å²) in [5.74, 6) is 1.44. The minimum atomic E-state index is -4.51. The van der Waals surface area contributed by atoms with E-state index in [2.05, 4.69) is 9.88 Å². The molecule has 2 aromatic heterocycles. The Hall–Kier alpha value is -3.92. The number of hydrogen-bond acceptors (Lipinski definition) is 5. The molecule has 4 aromatic rings. The minimum Gasteiger partial charge on any atom is -0.382 e. The Bertz CT molecular complexity index is 1670. The maximum absolute atomic E-state index is 13.3. The van der Waals surface area contributed by atoms with E-state index >= 15 is 0 Å². The van der Waals surface area contributed by atoms with Crippen molar-refractivity contribution in [3.8, 4) is 11.3 Å². The van der Waals surface area contributed by atoms with E-state index in [1.807, 2.05) is 10.6 Å².